The number of hydrogen-bond donors (Lipinski definition) is 0. The number of hydrogen-bond acceptors (Lipinski definition) is 7. The van der Waals surface area contributed by atoms with Crippen molar-refractivity contribution < 1.29 is 19.3 Å². The summed E-state index contributed by atoms with van der Waals surface area (Å²) in [5.41, 5.74) is 4.11. The van der Waals surface area contributed by atoms with Crippen LogP contribution in [0.25, 0.3) is 24.3 Å². The first kappa shape index (κ1) is 30.2. The van der Waals surface area contributed by atoms with E-state index in [0.29, 0.717) is 5.75 Å². The summed E-state index contributed by atoms with van der Waals surface area (Å²) in [5.74, 6) is 1.42. The highest BCUT2D eigenvalue weighted by molar-refractivity contribution is 5.82. The van der Waals surface area contributed by atoms with Crippen LogP contribution in [0.2, 0.25) is 0 Å². The van der Waals surface area contributed by atoms with E-state index in [-0.39, 0.29) is 22.5 Å². The lowest BCUT2D eigenvalue weighted by atomic mass is 10.0. The molecule has 5 aromatic rings. The minimum absolute atomic E-state index is 0.126. The molecule has 0 unspecified atom stereocenters. The summed E-state index contributed by atoms with van der Waals surface area (Å²) in [4.78, 5) is 25.0. The van der Waals surface area contributed by atoms with Crippen molar-refractivity contribution in [1.82, 2.24) is 0 Å². The van der Waals surface area contributed by atoms with Crippen LogP contribution in [-0.2, 0) is 0 Å². The number of nitro benzene ring substituents is 2. The third-order valence-corrected chi connectivity index (χ3v) is 7.09. The van der Waals surface area contributed by atoms with Gasteiger partial charge in [0.25, 0.3) is 11.4 Å². The van der Waals surface area contributed by atoms with E-state index in [9.17, 15) is 20.2 Å². The van der Waals surface area contributed by atoms with Gasteiger partial charge in [-0.1, -0.05) is 54.6 Å². The molecule has 0 aliphatic heterocycles. The maximum Gasteiger partial charge on any atom is 0.277 e. The molecule has 9 nitrogen and oxygen atoms in total. The average Bonchev–Trinajstić information content (AvgIpc) is 3.08. The summed E-state index contributed by atoms with van der Waals surface area (Å²) in [6, 6.07) is 34.9. The predicted octanol–water partition coefficient (Wildman–Crippen LogP) is 9.33. The molecule has 224 valence electrons. The van der Waals surface area contributed by atoms with Crippen LogP contribution >= 0.6 is 0 Å². The van der Waals surface area contributed by atoms with Crippen molar-refractivity contribution in [3.8, 4) is 11.5 Å². The third-order valence-electron chi connectivity index (χ3n) is 7.09. The lowest BCUT2D eigenvalue weighted by Gasteiger charge is -2.25. The summed E-state index contributed by atoms with van der Waals surface area (Å²) in [6.45, 7) is 0. The first-order valence-electron chi connectivity index (χ1n) is 13.9. The van der Waals surface area contributed by atoms with E-state index in [0.717, 1.165) is 33.9 Å². The molecular formula is C36H29N3O6. The maximum atomic E-state index is 12.0. The topological polar surface area (TPSA) is 108 Å². The Morgan fingerprint density at radius 1 is 0.533 bits per heavy atom. The van der Waals surface area contributed by atoms with Gasteiger partial charge >= 0.3 is 0 Å². The molecule has 0 fully saturated rings. The molecule has 0 bridgehead atoms. The summed E-state index contributed by atoms with van der Waals surface area (Å²) < 4.78 is 10.5. The fourth-order valence-corrected chi connectivity index (χ4v) is 4.77. The van der Waals surface area contributed by atoms with Crippen LogP contribution in [0.3, 0.4) is 0 Å². The Bertz CT molecular complexity index is 1850. The molecule has 0 spiro atoms. The van der Waals surface area contributed by atoms with Gasteiger partial charge in [-0.25, -0.2) is 0 Å². The highest BCUT2D eigenvalue weighted by Crippen LogP contribution is 2.36. The average molecular weight is 600 g/mol. The summed E-state index contributed by atoms with van der Waals surface area (Å²) in [6.07, 6.45) is 6.38. The van der Waals surface area contributed by atoms with E-state index in [1.807, 2.05) is 78.9 Å². The van der Waals surface area contributed by atoms with E-state index in [4.69, 9.17) is 9.47 Å². The molecule has 0 radical (unpaired) electrons. The number of ether oxygens (including phenoxy) is 2. The Morgan fingerprint density at radius 2 is 0.911 bits per heavy atom. The smallest absolute Gasteiger partial charge is 0.277 e. The Kier molecular flexibility index (Phi) is 9.30. The number of rotatable bonds is 11. The molecule has 0 aliphatic rings. The van der Waals surface area contributed by atoms with E-state index in [1.54, 1.807) is 50.6 Å². The lowest BCUT2D eigenvalue weighted by molar-refractivity contribution is -0.389. The molecule has 5 rings (SSSR count). The monoisotopic (exact) mass is 599 g/mol. The Hall–Kier alpha value is -6.22. The lowest BCUT2D eigenvalue weighted by Crippen LogP contribution is -2.09. The van der Waals surface area contributed by atoms with E-state index in [2.05, 4.69) is 4.90 Å². The molecule has 0 N–H and O–H groups in total. The van der Waals surface area contributed by atoms with Crippen molar-refractivity contribution in [1.29, 1.82) is 0 Å². The van der Waals surface area contributed by atoms with E-state index in [1.165, 1.54) is 24.3 Å². The first-order chi connectivity index (χ1) is 21.9. The molecule has 5 aromatic carbocycles. The predicted molar refractivity (Wildman–Crippen MR) is 178 cm³/mol. The van der Waals surface area contributed by atoms with Crippen LogP contribution < -0.4 is 14.4 Å². The zero-order chi connectivity index (χ0) is 31.8. The largest absolute Gasteiger partial charge is 0.497 e. The zero-order valence-corrected chi connectivity index (χ0v) is 24.6. The van der Waals surface area contributed by atoms with Gasteiger partial charge in [-0.15, -0.1) is 0 Å². The van der Waals surface area contributed by atoms with Crippen molar-refractivity contribution in [3.63, 3.8) is 0 Å². The zero-order valence-electron chi connectivity index (χ0n) is 24.6. The van der Waals surface area contributed by atoms with Gasteiger partial charge in [-0.3, -0.25) is 20.2 Å². The number of para-hydroxylation sites is 1. The maximum absolute atomic E-state index is 12.0. The normalized spacial score (nSPS) is 11.1. The van der Waals surface area contributed by atoms with Crippen LogP contribution in [0.15, 0.2) is 115 Å². The van der Waals surface area contributed by atoms with Gasteiger partial charge < -0.3 is 14.4 Å². The Morgan fingerprint density at radius 3 is 1.33 bits per heavy atom. The highest BCUT2D eigenvalue weighted by atomic mass is 16.6. The summed E-state index contributed by atoms with van der Waals surface area (Å²) in [5, 5.41) is 23.9. The molecule has 0 saturated heterocycles. The van der Waals surface area contributed by atoms with Crippen LogP contribution in [0.1, 0.15) is 22.3 Å². The second-order valence-corrected chi connectivity index (χ2v) is 9.88. The van der Waals surface area contributed by atoms with Gasteiger partial charge in [0.2, 0.25) is 0 Å². The standard InChI is InChI=1S/C36H29N3O6/c1-44-33-20-12-27(13-21-33)9-15-29-25-35(38(40)41)28(24-36(29)39(42)43)14-8-26-10-16-31(17-11-26)37(30-6-4-3-5-7-30)32-18-22-34(45-2)23-19-32/h3-25H,1-2H3. The van der Waals surface area contributed by atoms with Gasteiger partial charge in [0, 0.05) is 29.2 Å². The SMILES string of the molecule is COc1ccc(C=Cc2cc([N+](=O)[O-])c(C=Cc3ccc(N(c4ccccc4)c4ccc(OC)cc4)cc3)cc2[N+](=O)[O-])cc1. The second kappa shape index (κ2) is 13.8. The van der Waals surface area contributed by atoms with Crippen LogP contribution in [-0.4, -0.2) is 24.1 Å². The molecule has 0 saturated carbocycles. The van der Waals surface area contributed by atoms with Crippen LogP contribution in [0, 0.1) is 20.2 Å². The third kappa shape index (κ3) is 7.23. The number of anilines is 3. The van der Waals surface area contributed by atoms with Crippen molar-refractivity contribution in [2.45, 2.75) is 0 Å². The molecule has 0 heterocycles. The molecule has 45 heavy (non-hydrogen) atoms. The minimum Gasteiger partial charge on any atom is -0.497 e. The van der Waals surface area contributed by atoms with Crippen LogP contribution in [0.5, 0.6) is 11.5 Å². The number of nitro groups is 2. The van der Waals surface area contributed by atoms with Crippen LogP contribution in [0.4, 0.5) is 28.4 Å². The van der Waals surface area contributed by atoms with Crippen molar-refractivity contribution in [3.05, 3.63) is 158 Å². The highest BCUT2D eigenvalue weighted by Gasteiger charge is 2.21. The summed E-state index contributed by atoms with van der Waals surface area (Å²) >= 11 is 0. The van der Waals surface area contributed by atoms with Gasteiger partial charge in [-0.05, 0) is 83.9 Å². The molecular weight excluding hydrogens is 570 g/mol. The van der Waals surface area contributed by atoms with E-state index >= 15 is 0 Å². The quantitative estimate of drug-likeness (QED) is 0.0845. The van der Waals surface area contributed by atoms with E-state index < -0.39 is 9.85 Å². The fraction of sp³-hybridized carbons (Fsp3) is 0.0556. The minimum atomic E-state index is -0.541. The number of nitrogens with zero attached hydrogens (tertiary/aromatic N) is 3. The number of benzene rings is 5. The van der Waals surface area contributed by atoms with Gasteiger partial charge in [0.05, 0.1) is 35.2 Å². The molecule has 0 aromatic heterocycles. The van der Waals surface area contributed by atoms with Crippen molar-refractivity contribution in [2.75, 3.05) is 19.1 Å². The molecule has 0 atom stereocenters. The number of methoxy groups -OCH3 is 2. The van der Waals surface area contributed by atoms with Crippen molar-refractivity contribution >= 4 is 52.7 Å². The van der Waals surface area contributed by atoms with Gasteiger partial charge in [0.1, 0.15) is 11.5 Å². The molecule has 0 aliphatic carbocycles. The van der Waals surface area contributed by atoms with Gasteiger partial charge in [-0.2, -0.15) is 0 Å². The summed E-state index contributed by atoms with van der Waals surface area (Å²) in [7, 11) is 3.18. The second-order valence-electron chi connectivity index (χ2n) is 9.88. The van der Waals surface area contributed by atoms with Gasteiger partial charge in [0.15, 0.2) is 0 Å². The Balaban J connectivity index is 1.44. The first-order valence-corrected chi connectivity index (χ1v) is 13.9. The molecule has 9 heteroatoms. The Labute approximate surface area is 260 Å². The molecule has 0 amide bonds. The fourth-order valence-electron chi connectivity index (χ4n) is 4.77. The van der Waals surface area contributed by atoms with Crippen molar-refractivity contribution in [2.24, 2.45) is 0 Å².